The number of amides is 2. The van der Waals surface area contributed by atoms with Crippen molar-refractivity contribution < 1.29 is 38.1 Å². The summed E-state index contributed by atoms with van der Waals surface area (Å²) >= 11 is 0. The number of hydrogen-bond donors (Lipinski definition) is 2. The molecule has 0 aromatic heterocycles. The van der Waals surface area contributed by atoms with Gasteiger partial charge in [-0.25, -0.2) is 19.2 Å². The molecule has 0 aliphatic rings. The summed E-state index contributed by atoms with van der Waals surface area (Å²) in [5.41, 5.74) is 0. The van der Waals surface area contributed by atoms with E-state index in [1.54, 1.807) is 48.5 Å². The smallest absolute Gasteiger partial charge is 0.412 e. The standard InChI is InChI=1S/C26H24N2O8/c1-3-21(29)33-15-13-27-25(31)35-23-17-9-5-7-11-19(17)24(20-12-8-6-10-18(20)23)36-26(32)28-14-16-34-22(30)4-2/h3-12H,1-2,13-16H2,(H,27,31)(H,28,32). The van der Waals surface area contributed by atoms with E-state index >= 15 is 0 Å². The van der Waals surface area contributed by atoms with Crippen LogP contribution in [0.1, 0.15) is 0 Å². The van der Waals surface area contributed by atoms with E-state index in [2.05, 4.69) is 23.8 Å². The van der Waals surface area contributed by atoms with Crippen LogP contribution in [0.15, 0.2) is 73.8 Å². The lowest BCUT2D eigenvalue weighted by Gasteiger charge is -2.16. The summed E-state index contributed by atoms with van der Waals surface area (Å²) in [5, 5.41) is 7.17. The first-order valence-electron chi connectivity index (χ1n) is 10.9. The highest BCUT2D eigenvalue weighted by Crippen LogP contribution is 2.42. The third-order valence-electron chi connectivity index (χ3n) is 4.79. The predicted octanol–water partition coefficient (Wildman–Crippen LogP) is 3.63. The summed E-state index contributed by atoms with van der Waals surface area (Å²) in [7, 11) is 0. The fraction of sp³-hybridized carbons (Fsp3) is 0.154. The maximum atomic E-state index is 12.5. The van der Waals surface area contributed by atoms with Gasteiger partial charge in [0.15, 0.2) is 0 Å². The van der Waals surface area contributed by atoms with E-state index in [0.29, 0.717) is 21.5 Å². The van der Waals surface area contributed by atoms with E-state index in [1.165, 1.54) is 0 Å². The Bertz CT molecular complexity index is 1160. The SMILES string of the molecule is C=CC(=O)OCCNC(=O)Oc1c2ccccc2c(OC(=O)NCCOC(=O)C=C)c2ccccc12. The van der Waals surface area contributed by atoms with Gasteiger partial charge in [0.1, 0.15) is 24.7 Å². The summed E-state index contributed by atoms with van der Waals surface area (Å²) in [6, 6.07) is 14.0. The summed E-state index contributed by atoms with van der Waals surface area (Å²) in [4.78, 5) is 47.2. The quantitative estimate of drug-likeness (QED) is 0.190. The van der Waals surface area contributed by atoms with Crippen LogP contribution in [0.25, 0.3) is 21.5 Å². The molecular weight excluding hydrogens is 468 g/mol. The number of nitrogens with one attached hydrogen (secondary N) is 2. The van der Waals surface area contributed by atoms with E-state index in [4.69, 9.17) is 18.9 Å². The number of carbonyl (C=O) groups is 4. The van der Waals surface area contributed by atoms with Gasteiger partial charge in [-0.05, 0) is 0 Å². The molecule has 0 bridgehead atoms. The molecule has 3 rings (SSSR count). The first kappa shape index (κ1) is 25.8. The minimum atomic E-state index is -0.750. The monoisotopic (exact) mass is 492 g/mol. The number of rotatable bonds is 10. The van der Waals surface area contributed by atoms with Crippen LogP contribution >= 0.6 is 0 Å². The Balaban J connectivity index is 1.82. The number of hydrogen-bond acceptors (Lipinski definition) is 8. The zero-order chi connectivity index (χ0) is 25.9. The van der Waals surface area contributed by atoms with Crippen molar-refractivity contribution in [1.82, 2.24) is 10.6 Å². The zero-order valence-corrected chi connectivity index (χ0v) is 19.3. The van der Waals surface area contributed by atoms with Gasteiger partial charge in [0.05, 0.1) is 13.1 Å². The summed E-state index contributed by atoms with van der Waals surface area (Å²) in [5.74, 6) is -0.657. The van der Waals surface area contributed by atoms with E-state index in [1.807, 2.05) is 0 Å². The molecule has 0 radical (unpaired) electrons. The van der Waals surface area contributed by atoms with Crippen LogP contribution in [0.4, 0.5) is 9.59 Å². The number of carbonyl (C=O) groups excluding carboxylic acids is 4. The average molecular weight is 492 g/mol. The zero-order valence-electron chi connectivity index (χ0n) is 19.3. The van der Waals surface area contributed by atoms with E-state index in [0.717, 1.165) is 12.2 Å². The highest BCUT2D eigenvalue weighted by Gasteiger charge is 2.20. The Kier molecular flexibility index (Phi) is 8.99. The van der Waals surface area contributed by atoms with Crippen molar-refractivity contribution in [3.8, 4) is 11.5 Å². The first-order valence-corrected chi connectivity index (χ1v) is 10.9. The highest BCUT2D eigenvalue weighted by molar-refractivity contribution is 6.12. The fourth-order valence-electron chi connectivity index (χ4n) is 3.25. The van der Waals surface area contributed by atoms with E-state index in [-0.39, 0.29) is 37.8 Å². The maximum absolute atomic E-state index is 12.5. The second kappa shape index (κ2) is 12.6. The normalized spacial score (nSPS) is 10.2. The van der Waals surface area contributed by atoms with E-state index in [9.17, 15) is 19.2 Å². The highest BCUT2D eigenvalue weighted by atomic mass is 16.6. The van der Waals surface area contributed by atoms with Gasteiger partial charge in [-0.3, -0.25) is 0 Å². The molecule has 0 atom stereocenters. The topological polar surface area (TPSA) is 129 Å². The number of ether oxygens (including phenoxy) is 4. The lowest BCUT2D eigenvalue weighted by molar-refractivity contribution is -0.138. The van der Waals surface area contributed by atoms with Gasteiger partial charge < -0.3 is 29.6 Å². The van der Waals surface area contributed by atoms with Crippen molar-refractivity contribution in [1.29, 1.82) is 0 Å². The second-order valence-electron chi connectivity index (χ2n) is 7.13. The Hall–Kier alpha value is -4.86. The molecule has 10 heteroatoms. The number of benzene rings is 3. The van der Waals surface area contributed by atoms with Crippen molar-refractivity contribution in [2.75, 3.05) is 26.3 Å². The number of fused-ring (bicyclic) bond motifs is 2. The predicted molar refractivity (Wildman–Crippen MR) is 132 cm³/mol. The van der Waals surface area contributed by atoms with E-state index < -0.39 is 24.1 Å². The molecule has 2 amide bonds. The Morgan fingerprint density at radius 2 is 0.972 bits per heavy atom. The first-order chi connectivity index (χ1) is 17.4. The van der Waals surface area contributed by atoms with Gasteiger partial charge in [-0.1, -0.05) is 61.7 Å². The van der Waals surface area contributed by atoms with Gasteiger partial charge in [0, 0.05) is 33.7 Å². The molecule has 2 N–H and O–H groups in total. The molecule has 3 aromatic carbocycles. The Morgan fingerprint density at radius 1 is 0.639 bits per heavy atom. The molecule has 0 saturated carbocycles. The van der Waals surface area contributed by atoms with Gasteiger partial charge in [0.2, 0.25) is 0 Å². The van der Waals surface area contributed by atoms with Crippen LogP contribution in [0, 0.1) is 0 Å². The lowest BCUT2D eigenvalue weighted by atomic mass is 10.0. The molecule has 36 heavy (non-hydrogen) atoms. The molecule has 3 aromatic rings. The van der Waals surface area contributed by atoms with Crippen LogP contribution in [0.2, 0.25) is 0 Å². The van der Waals surface area contributed by atoms with Gasteiger partial charge in [-0.2, -0.15) is 0 Å². The Morgan fingerprint density at radius 3 is 1.28 bits per heavy atom. The third kappa shape index (κ3) is 6.60. The second-order valence-corrected chi connectivity index (χ2v) is 7.13. The van der Waals surface area contributed by atoms with Crippen molar-refractivity contribution >= 4 is 45.7 Å². The minimum Gasteiger partial charge on any atom is -0.461 e. The largest absolute Gasteiger partial charge is 0.461 e. The molecule has 0 aliphatic heterocycles. The van der Waals surface area contributed by atoms with Crippen molar-refractivity contribution in [3.63, 3.8) is 0 Å². The minimum absolute atomic E-state index is 0.0394. The van der Waals surface area contributed by atoms with Gasteiger partial charge in [-0.15, -0.1) is 0 Å². The molecule has 0 unspecified atom stereocenters. The molecule has 0 spiro atoms. The van der Waals surface area contributed by atoms with Crippen LogP contribution in [-0.2, 0) is 19.1 Å². The van der Waals surface area contributed by atoms with Gasteiger partial charge >= 0.3 is 24.1 Å². The van der Waals surface area contributed by atoms with Crippen molar-refractivity contribution in [3.05, 3.63) is 73.8 Å². The molecule has 0 aliphatic carbocycles. The van der Waals surface area contributed by atoms with Crippen LogP contribution in [0.3, 0.4) is 0 Å². The molecule has 0 heterocycles. The molecule has 10 nitrogen and oxygen atoms in total. The molecular formula is C26H24N2O8. The van der Waals surface area contributed by atoms with Crippen LogP contribution in [-0.4, -0.2) is 50.4 Å². The van der Waals surface area contributed by atoms with Gasteiger partial charge in [0.25, 0.3) is 0 Å². The number of esters is 2. The molecule has 0 saturated heterocycles. The van der Waals surface area contributed by atoms with Crippen LogP contribution in [0.5, 0.6) is 11.5 Å². The maximum Gasteiger partial charge on any atom is 0.412 e. The summed E-state index contributed by atoms with van der Waals surface area (Å²) < 4.78 is 20.9. The summed E-state index contributed by atoms with van der Waals surface area (Å²) in [6.07, 6.45) is 0.553. The van der Waals surface area contributed by atoms with Crippen molar-refractivity contribution in [2.24, 2.45) is 0 Å². The third-order valence-corrected chi connectivity index (χ3v) is 4.79. The average Bonchev–Trinajstić information content (AvgIpc) is 2.90. The van der Waals surface area contributed by atoms with Crippen LogP contribution < -0.4 is 20.1 Å². The lowest BCUT2D eigenvalue weighted by Crippen LogP contribution is -2.31. The van der Waals surface area contributed by atoms with Crippen molar-refractivity contribution in [2.45, 2.75) is 0 Å². The Labute approximate surface area is 206 Å². The fourth-order valence-corrected chi connectivity index (χ4v) is 3.25. The molecule has 186 valence electrons. The summed E-state index contributed by atoms with van der Waals surface area (Å²) in [6.45, 7) is 6.58. The molecule has 0 fully saturated rings.